The van der Waals surface area contributed by atoms with Crippen molar-refractivity contribution in [3.8, 4) is 0 Å². The minimum atomic E-state index is -2.27. The van der Waals surface area contributed by atoms with Crippen molar-refractivity contribution in [2.75, 3.05) is 0 Å². The second-order valence-electron chi connectivity index (χ2n) is 4.39. The predicted octanol–water partition coefficient (Wildman–Crippen LogP) is 2.89. The zero-order chi connectivity index (χ0) is 12.6. The third kappa shape index (κ3) is 2.20. The lowest BCUT2D eigenvalue weighted by atomic mass is 10.2. The van der Waals surface area contributed by atoms with Crippen LogP contribution in [0.4, 0.5) is 8.78 Å². The summed E-state index contributed by atoms with van der Waals surface area (Å²) in [5.41, 5.74) is 5.78. The van der Waals surface area contributed by atoms with E-state index in [0.717, 1.165) is 12.1 Å². The largest absolute Gasteiger partial charge is 0.325 e. The van der Waals surface area contributed by atoms with Crippen molar-refractivity contribution in [3.05, 3.63) is 48.1 Å². The molecule has 1 aliphatic carbocycles. The molecule has 1 aliphatic rings. The van der Waals surface area contributed by atoms with E-state index in [-0.39, 0.29) is 17.6 Å². The molecule has 92 valence electrons. The zero-order valence-electron chi connectivity index (χ0n) is 9.25. The Kier molecular flexibility index (Phi) is 3.19. The van der Waals surface area contributed by atoms with E-state index in [9.17, 15) is 13.3 Å². The van der Waals surface area contributed by atoms with Gasteiger partial charge in [0.25, 0.3) is 0 Å². The van der Waals surface area contributed by atoms with Crippen molar-refractivity contribution < 1.29 is 13.3 Å². The normalized spacial score (nSPS) is 28.8. The van der Waals surface area contributed by atoms with Gasteiger partial charge in [-0.1, -0.05) is 12.1 Å². The van der Waals surface area contributed by atoms with Gasteiger partial charge in [-0.05, 0) is 18.6 Å². The molecule has 1 saturated carbocycles. The molecule has 3 atom stereocenters. The average Bonchev–Trinajstić information content (AvgIpc) is 2.97. The van der Waals surface area contributed by atoms with Crippen LogP contribution in [-0.2, 0) is 10.7 Å². The first-order valence-corrected chi connectivity index (χ1v) is 6.98. The summed E-state index contributed by atoms with van der Waals surface area (Å²) in [7, 11) is -2.27. The number of nitrogens with two attached hydrogens (primary N) is 1. The van der Waals surface area contributed by atoms with Crippen molar-refractivity contribution in [1.29, 1.82) is 0 Å². The van der Waals surface area contributed by atoms with E-state index in [2.05, 4.69) is 6.58 Å². The maximum Gasteiger partial charge on any atom is 0.129 e. The van der Waals surface area contributed by atoms with Gasteiger partial charge in [-0.2, -0.15) is 0 Å². The van der Waals surface area contributed by atoms with Crippen LogP contribution in [0.3, 0.4) is 0 Å². The van der Waals surface area contributed by atoms with Crippen LogP contribution < -0.4 is 5.73 Å². The fourth-order valence-electron chi connectivity index (χ4n) is 1.95. The maximum atomic E-state index is 13.4. The smallest absolute Gasteiger partial charge is 0.129 e. The minimum absolute atomic E-state index is 0.00345. The molecular weight excluding hydrogens is 243 g/mol. The highest BCUT2D eigenvalue weighted by Crippen LogP contribution is 2.59. The maximum absolute atomic E-state index is 13.4. The van der Waals surface area contributed by atoms with Crippen molar-refractivity contribution in [1.82, 2.24) is 0 Å². The van der Waals surface area contributed by atoms with Crippen LogP contribution in [-0.4, -0.2) is 5.28 Å². The highest BCUT2D eigenvalue weighted by molar-refractivity contribution is 7.46. The first kappa shape index (κ1) is 12.5. The fraction of sp³-hybridized carbons (Fsp3) is 0.333. The van der Waals surface area contributed by atoms with Gasteiger partial charge in [0, 0.05) is 17.6 Å². The van der Waals surface area contributed by atoms with Gasteiger partial charge in [-0.3, -0.25) is 0 Å². The first-order valence-electron chi connectivity index (χ1n) is 5.36. The van der Waals surface area contributed by atoms with Crippen LogP contribution in [0.25, 0.3) is 0 Å². The van der Waals surface area contributed by atoms with E-state index in [1.165, 1.54) is 6.07 Å². The third-order valence-corrected chi connectivity index (χ3v) is 5.55. The quantitative estimate of drug-likeness (QED) is 0.665. The number of halogens is 2. The molecule has 1 unspecified atom stereocenters. The predicted molar refractivity (Wildman–Crippen MR) is 64.3 cm³/mol. The molecule has 2 nitrogen and oxygen atoms in total. The summed E-state index contributed by atoms with van der Waals surface area (Å²) >= 11 is 0. The van der Waals surface area contributed by atoms with Gasteiger partial charge in [0.2, 0.25) is 0 Å². The third-order valence-electron chi connectivity index (χ3n) is 3.26. The van der Waals surface area contributed by atoms with Crippen LogP contribution >= 0.6 is 7.80 Å². The van der Waals surface area contributed by atoms with E-state index in [4.69, 9.17) is 5.73 Å². The molecule has 0 aromatic heterocycles. The summed E-state index contributed by atoms with van der Waals surface area (Å²) < 4.78 is 38.8. The van der Waals surface area contributed by atoms with Gasteiger partial charge in [0.15, 0.2) is 0 Å². The van der Waals surface area contributed by atoms with E-state index in [1.54, 1.807) is 6.08 Å². The Hall–Kier alpha value is -0.990. The number of hydrogen-bond acceptors (Lipinski definition) is 2. The molecule has 0 saturated heterocycles. The van der Waals surface area contributed by atoms with Gasteiger partial charge in [0.05, 0.1) is 13.1 Å². The van der Waals surface area contributed by atoms with Crippen molar-refractivity contribution in [3.63, 3.8) is 0 Å². The van der Waals surface area contributed by atoms with Crippen LogP contribution in [0, 0.1) is 17.6 Å². The molecular formula is C12H14F2NOP. The van der Waals surface area contributed by atoms with Gasteiger partial charge >= 0.3 is 0 Å². The number of benzene rings is 1. The highest BCUT2D eigenvalue weighted by Gasteiger charge is 2.53. The molecule has 1 aromatic rings. The van der Waals surface area contributed by atoms with Crippen LogP contribution in [0.2, 0.25) is 0 Å². The minimum Gasteiger partial charge on any atom is -0.325 e. The van der Waals surface area contributed by atoms with Crippen LogP contribution in [0.1, 0.15) is 12.0 Å². The van der Waals surface area contributed by atoms with E-state index in [1.807, 2.05) is 0 Å². The summed E-state index contributed by atoms with van der Waals surface area (Å²) in [6, 6.07) is 3.61. The molecule has 0 amide bonds. The Labute approximate surface area is 99.3 Å². The summed E-state index contributed by atoms with van der Waals surface area (Å²) in [4.78, 5) is 0. The molecule has 0 aliphatic heterocycles. The molecule has 2 rings (SSSR count). The molecule has 1 fully saturated rings. The number of hydrogen-bond donors (Lipinski definition) is 1. The first-order chi connectivity index (χ1) is 7.99. The standard InChI is InChI=1S/C12H14F2NOP/c1-2-8-6-12(8,15)17(16)7-9-10(13)4-3-5-11(9)14/h2-5,8,17H,1,6-7,15H2/t8-,12+/m1/s1. The Bertz CT molecular complexity index is 471. The van der Waals surface area contributed by atoms with Crippen LogP contribution in [0.15, 0.2) is 30.9 Å². The van der Waals surface area contributed by atoms with Crippen molar-refractivity contribution >= 4 is 7.80 Å². The molecule has 5 heteroatoms. The molecule has 0 spiro atoms. The lowest BCUT2D eigenvalue weighted by Gasteiger charge is -2.11. The second-order valence-corrected chi connectivity index (χ2v) is 6.52. The monoisotopic (exact) mass is 257 g/mol. The van der Waals surface area contributed by atoms with Gasteiger partial charge in [-0.15, -0.1) is 6.58 Å². The zero-order valence-corrected chi connectivity index (χ0v) is 10.2. The molecule has 0 bridgehead atoms. The Balaban J connectivity index is 2.17. The van der Waals surface area contributed by atoms with E-state index in [0.29, 0.717) is 6.42 Å². The van der Waals surface area contributed by atoms with Crippen LogP contribution in [0.5, 0.6) is 0 Å². The van der Waals surface area contributed by atoms with Gasteiger partial charge < -0.3 is 10.3 Å². The highest BCUT2D eigenvalue weighted by atomic mass is 31.1. The van der Waals surface area contributed by atoms with Crippen molar-refractivity contribution in [2.45, 2.75) is 17.9 Å². The number of rotatable bonds is 4. The molecule has 2 N–H and O–H groups in total. The summed E-state index contributed by atoms with van der Waals surface area (Å²) in [6.45, 7) is 3.59. The lowest BCUT2D eigenvalue weighted by Crippen LogP contribution is -2.20. The fourth-order valence-corrected chi connectivity index (χ4v) is 3.91. The molecule has 0 heterocycles. The van der Waals surface area contributed by atoms with Gasteiger partial charge in [0.1, 0.15) is 11.6 Å². The SMILES string of the molecule is C=C[C@@H]1C[C@]1(N)[PH](=O)Cc1c(F)cccc1F. The molecule has 1 aromatic carbocycles. The second kappa shape index (κ2) is 4.35. The molecule has 0 radical (unpaired) electrons. The van der Waals surface area contributed by atoms with Gasteiger partial charge in [-0.25, -0.2) is 8.78 Å². The van der Waals surface area contributed by atoms with E-state index < -0.39 is 24.7 Å². The lowest BCUT2D eigenvalue weighted by molar-refractivity contribution is 0.552. The average molecular weight is 257 g/mol. The summed E-state index contributed by atoms with van der Waals surface area (Å²) in [5, 5.41) is -0.791. The summed E-state index contributed by atoms with van der Waals surface area (Å²) in [6.07, 6.45) is 2.12. The Morgan fingerprint density at radius 1 is 1.53 bits per heavy atom. The Morgan fingerprint density at radius 2 is 2.12 bits per heavy atom. The topological polar surface area (TPSA) is 43.1 Å². The van der Waals surface area contributed by atoms with Crippen molar-refractivity contribution in [2.24, 2.45) is 11.7 Å². The Morgan fingerprint density at radius 3 is 2.59 bits per heavy atom. The van der Waals surface area contributed by atoms with E-state index >= 15 is 0 Å². The summed E-state index contributed by atoms with van der Waals surface area (Å²) in [5.74, 6) is -1.32. The molecule has 17 heavy (non-hydrogen) atoms.